The highest BCUT2D eigenvalue weighted by atomic mass is 32.2. The van der Waals surface area contributed by atoms with Crippen LogP contribution in [0.1, 0.15) is 5.56 Å². The van der Waals surface area contributed by atoms with E-state index in [1.807, 2.05) is 0 Å². The maximum Gasteiger partial charge on any atom is 0.206 e. The molecule has 0 aliphatic carbocycles. The lowest BCUT2D eigenvalue weighted by atomic mass is 10.2. The minimum Gasteiger partial charge on any atom is -0.508 e. The second kappa shape index (κ2) is 4.34. The predicted octanol–water partition coefficient (Wildman–Crippen LogP) is 2.12. The maximum absolute atomic E-state index is 12.3. The fourth-order valence-electron chi connectivity index (χ4n) is 1.58. The van der Waals surface area contributed by atoms with Crippen molar-refractivity contribution in [1.29, 1.82) is 0 Å². The molecule has 0 saturated heterocycles. The summed E-state index contributed by atoms with van der Waals surface area (Å²) in [5.41, 5.74) is 6.55. The first-order valence-corrected chi connectivity index (χ1v) is 6.80. The number of nitrogens with two attached hydrogens (primary N) is 1. The molecule has 4 nitrogen and oxygen atoms in total. The van der Waals surface area contributed by atoms with Gasteiger partial charge in [-0.15, -0.1) is 0 Å². The van der Waals surface area contributed by atoms with Crippen molar-refractivity contribution in [2.45, 2.75) is 16.7 Å². The van der Waals surface area contributed by atoms with Gasteiger partial charge >= 0.3 is 0 Å². The molecule has 0 amide bonds. The van der Waals surface area contributed by atoms with Crippen LogP contribution in [0, 0.1) is 6.92 Å². The van der Waals surface area contributed by atoms with Crippen LogP contribution in [-0.4, -0.2) is 13.5 Å². The van der Waals surface area contributed by atoms with Gasteiger partial charge in [-0.2, -0.15) is 0 Å². The smallest absolute Gasteiger partial charge is 0.206 e. The molecule has 0 atom stereocenters. The number of phenolic OH excluding ortho intramolecular Hbond substituents is 1. The fraction of sp³-hybridized carbons (Fsp3) is 0.0769. The lowest BCUT2D eigenvalue weighted by Crippen LogP contribution is -2.02. The van der Waals surface area contributed by atoms with Crippen LogP contribution in [0.2, 0.25) is 0 Å². The van der Waals surface area contributed by atoms with E-state index in [-0.39, 0.29) is 15.5 Å². The van der Waals surface area contributed by atoms with E-state index in [2.05, 4.69) is 0 Å². The molecule has 0 saturated carbocycles. The number of hydrogen-bond donors (Lipinski definition) is 2. The predicted molar refractivity (Wildman–Crippen MR) is 69.2 cm³/mol. The van der Waals surface area contributed by atoms with Crippen LogP contribution in [-0.2, 0) is 9.84 Å². The van der Waals surface area contributed by atoms with E-state index in [1.54, 1.807) is 19.1 Å². The summed E-state index contributed by atoms with van der Waals surface area (Å²) in [6.45, 7) is 1.65. The third-order valence-corrected chi connectivity index (χ3v) is 4.44. The zero-order valence-corrected chi connectivity index (χ0v) is 10.6. The Hall–Kier alpha value is -2.01. The van der Waals surface area contributed by atoms with Crippen molar-refractivity contribution < 1.29 is 13.5 Å². The molecule has 0 aromatic heterocycles. The fourth-order valence-corrected chi connectivity index (χ4v) is 2.92. The van der Waals surface area contributed by atoms with Crippen molar-refractivity contribution in [2.75, 3.05) is 5.73 Å². The number of hydrogen-bond acceptors (Lipinski definition) is 4. The van der Waals surface area contributed by atoms with E-state index >= 15 is 0 Å². The average Bonchev–Trinajstić information content (AvgIpc) is 2.33. The van der Waals surface area contributed by atoms with Crippen molar-refractivity contribution in [1.82, 2.24) is 0 Å². The lowest BCUT2D eigenvalue weighted by Gasteiger charge is -2.06. The number of aryl methyl sites for hydroxylation is 1. The number of aromatic hydroxyl groups is 1. The first kappa shape index (κ1) is 12.4. The number of nitrogen functional groups attached to an aromatic ring is 1. The Balaban J connectivity index is 2.54. The van der Waals surface area contributed by atoms with E-state index in [0.717, 1.165) is 0 Å². The van der Waals surface area contributed by atoms with E-state index in [0.29, 0.717) is 11.3 Å². The number of benzene rings is 2. The van der Waals surface area contributed by atoms with Crippen LogP contribution >= 0.6 is 0 Å². The molecule has 0 spiro atoms. The molecule has 2 rings (SSSR count). The monoisotopic (exact) mass is 263 g/mol. The van der Waals surface area contributed by atoms with Crippen LogP contribution < -0.4 is 5.73 Å². The zero-order valence-electron chi connectivity index (χ0n) is 9.79. The average molecular weight is 263 g/mol. The van der Waals surface area contributed by atoms with Crippen molar-refractivity contribution in [3.05, 3.63) is 48.0 Å². The highest BCUT2D eigenvalue weighted by Gasteiger charge is 2.18. The highest BCUT2D eigenvalue weighted by molar-refractivity contribution is 7.91. The van der Waals surface area contributed by atoms with Gasteiger partial charge in [-0.05, 0) is 55.0 Å². The topological polar surface area (TPSA) is 80.4 Å². The summed E-state index contributed by atoms with van der Waals surface area (Å²) in [5.74, 6) is 0.0752. The Labute approximate surface area is 106 Å². The molecular formula is C13H13NO3S. The Morgan fingerprint density at radius 2 is 1.56 bits per heavy atom. The molecule has 0 bridgehead atoms. The van der Waals surface area contributed by atoms with Gasteiger partial charge in [0.1, 0.15) is 5.75 Å². The molecule has 18 heavy (non-hydrogen) atoms. The molecule has 0 aliphatic rings. The molecule has 0 fully saturated rings. The number of rotatable bonds is 2. The Morgan fingerprint density at radius 3 is 2.11 bits per heavy atom. The summed E-state index contributed by atoms with van der Waals surface area (Å²) in [7, 11) is -3.56. The SMILES string of the molecule is Cc1cc(S(=O)(=O)c2ccc(N)cc2)ccc1O. The Kier molecular flexibility index (Phi) is 3.00. The van der Waals surface area contributed by atoms with Crippen molar-refractivity contribution >= 4 is 15.5 Å². The van der Waals surface area contributed by atoms with Gasteiger partial charge in [-0.1, -0.05) is 0 Å². The summed E-state index contributed by atoms with van der Waals surface area (Å²) < 4.78 is 24.6. The number of anilines is 1. The van der Waals surface area contributed by atoms with Gasteiger partial charge < -0.3 is 10.8 Å². The third kappa shape index (κ3) is 2.17. The quantitative estimate of drug-likeness (QED) is 0.813. The van der Waals surface area contributed by atoms with Gasteiger partial charge in [0.05, 0.1) is 9.79 Å². The van der Waals surface area contributed by atoms with E-state index < -0.39 is 9.84 Å². The summed E-state index contributed by atoms with van der Waals surface area (Å²) in [6, 6.07) is 10.2. The van der Waals surface area contributed by atoms with Gasteiger partial charge in [0, 0.05) is 5.69 Å². The largest absolute Gasteiger partial charge is 0.508 e. The highest BCUT2D eigenvalue weighted by Crippen LogP contribution is 2.25. The van der Waals surface area contributed by atoms with Gasteiger partial charge in [-0.25, -0.2) is 8.42 Å². The standard InChI is InChI=1S/C13H13NO3S/c1-9-8-12(6-7-13(9)15)18(16,17)11-4-2-10(14)3-5-11/h2-8,15H,14H2,1H3. The summed E-state index contributed by atoms with van der Waals surface area (Å²) in [4.78, 5) is 0.337. The van der Waals surface area contributed by atoms with Crippen molar-refractivity contribution in [2.24, 2.45) is 0 Å². The number of phenols is 1. The molecule has 0 heterocycles. The first-order chi connectivity index (χ1) is 8.41. The van der Waals surface area contributed by atoms with E-state index in [1.165, 1.54) is 30.3 Å². The maximum atomic E-state index is 12.3. The lowest BCUT2D eigenvalue weighted by molar-refractivity contribution is 0.470. The minimum absolute atomic E-state index is 0.0752. The van der Waals surface area contributed by atoms with Gasteiger partial charge in [0.15, 0.2) is 0 Å². The minimum atomic E-state index is -3.56. The van der Waals surface area contributed by atoms with Gasteiger partial charge in [0.25, 0.3) is 0 Å². The van der Waals surface area contributed by atoms with Crippen LogP contribution in [0.25, 0.3) is 0 Å². The molecular weight excluding hydrogens is 250 g/mol. The van der Waals surface area contributed by atoms with Crippen LogP contribution in [0.4, 0.5) is 5.69 Å². The molecule has 94 valence electrons. The summed E-state index contributed by atoms with van der Waals surface area (Å²) in [5, 5.41) is 9.41. The van der Waals surface area contributed by atoms with Crippen molar-refractivity contribution in [3.8, 4) is 5.75 Å². The molecule has 2 aromatic rings. The Bertz CT molecular complexity index is 676. The molecule has 0 radical (unpaired) electrons. The van der Waals surface area contributed by atoms with Crippen LogP contribution in [0.3, 0.4) is 0 Å². The molecule has 3 N–H and O–H groups in total. The van der Waals surface area contributed by atoms with Gasteiger partial charge in [-0.3, -0.25) is 0 Å². The van der Waals surface area contributed by atoms with E-state index in [9.17, 15) is 13.5 Å². The zero-order chi connectivity index (χ0) is 13.3. The van der Waals surface area contributed by atoms with Gasteiger partial charge in [0.2, 0.25) is 9.84 Å². The summed E-state index contributed by atoms with van der Waals surface area (Å²) in [6.07, 6.45) is 0. The first-order valence-electron chi connectivity index (χ1n) is 5.31. The van der Waals surface area contributed by atoms with Crippen LogP contribution in [0.15, 0.2) is 52.3 Å². The van der Waals surface area contributed by atoms with Crippen molar-refractivity contribution in [3.63, 3.8) is 0 Å². The van der Waals surface area contributed by atoms with E-state index in [4.69, 9.17) is 5.73 Å². The van der Waals surface area contributed by atoms with Crippen LogP contribution in [0.5, 0.6) is 5.75 Å². The molecule has 5 heteroatoms. The second-order valence-electron chi connectivity index (χ2n) is 4.02. The normalized spacial score (nSPS) is 11.4. The summed E-state index contributed by atoms with van der Waals surface area (Å²) >= 11 is 0. The molecule has 0 unspecified atom stereocenters. The number of sulfone groups is 1. The third-order valence-electron chi connectivity index (χ3n) is 2.67. The molecule has 2 aromatic carbocycles. The Morgan fingerprint density at radius 1 is 1.00 bits per heavy atom. The molecule has 0 aliphatic heterocycles. The second-order valence-corrected chi connectivity index (χ2v) is 5.97.